The van der Waals surface area contributed by atoms with Crippen LogP contribution in [0, 0.1) is 28.6 Å². The van der Waals surface area contributed by atoms with Gasteiger partial charge in [0.25, 0.3) is 0 Å². The highest BCUT2D eigenvalue weighted by Gasteiger charge is 2.15. The summed E-state index contributed by atoms with van der Waals surface area (Å²) in [4.78, 5) is 0. The predicted molar refractivity (Wildman–Crippen MR) is 98.9 cm³/mol. The lowest BCUT2D eigenvalue weighted by Gasteiger charge is -2.10. The maximum atomic E-state index is 9.54. The van der Waals surface area contributed by atoms with Gasteiger partial charge in [0.2, 0.25) is 0 Å². The Morgan fingerprint density at radius 3 is 2.19 bits per heavy atom. The van der Waals surface area contributed by atoms with E-state index in [0.717, 1.165) is 16.9 Å². The Kier molecular flexibility index (Phi) is 6.65. The topological polar surface area (TPSA) is 75.3 Å². The Hall–Kier alpha value is -3.44. The van der Waals surface area contributed by atoms with Crippen LogP contribution in [0.5, 0.6) is 17.2 Å². The maximum absolute atomic E-state index is 9.54. The molecule has 0 bridgehead atoms. The van der Waals surface area contributed by atoms with Crippen LogP contribution in [0.1, 0.15) is 11.1 Å². The van der Waals surface area contributed by atoms with Crippen molar-refractivity contribution < 1.29 is 14.2 Å². The number of methoxy groups -OCH3 is 3. The van der Waals surface area contributed by atoms with Gasteiger partial charge in [-0.1, -0.05) is 18.2 Å². The molecular weight excluding hydrogens is 328 g/mol. The first-order valence-corrected chi connectivity index (χ1v) is 8.01. The summed E-state index contributed by atoms with van der Waals surface area (Å²) in [5.74, 6) is 1.39. The lowest BCUT2D eigenvalue weighted by Crippen LogP contribution is -2.05. The van der Waals surface area contributed by atoms with Crippen LogP contribution in [0.4, 0.5) is 0 Å². The van der Waals surface area contributed by atoms with Gasteiger partial charge in [-0.05, 0) is 47.9 Å². The highest BCUT2D eigenvalue weighted by atomic mass is 16.5. The minimum Gasteiger partial charge on any atom is -0.497 e. The maximum Gasteiger partial charge on any atom is 0.161 e. The molecule has 132 valence electrons. The predicted octanol–water partition coefficient (Wildman–Crippen LogP) is 4.00. The number of hydrogen-bond acceptors (Lipinski definition) is 5. The minimum atomic E-state index is -0.540. The quantitative estimate of drug-likeness (QED) is 0.707. The molecule has 2 aromatic rings. The van der Waals surface area contributed by atoms with Crippen molar-refractivity contribution in [3.63, 3.8) is 0 Å². The van der Waals surface area contributed by atoms with Crippen LogP contribution in [0.15, 0.2) is 48.0 Å². The molecule has 0 aliphatic carbocycles. The van der Waals surface area contributed by atoms with Crippen molar-refractivity contribution in [2.75, 3.05) is 21.3 Å². The molecule has 1 unspecified atom stereocenters. The summed E-state index contributed by atoms with van der Waals surface area (Å²) in [5.41, 5.74) is 2.13. The second kappa shape index (κ2) is 9.15. The monoisotopic (exact) mass is 348 g/mol. The van der Waals surface area contributed by atoms with Gasteiger partial charge >= 0.3 is 0 Å². The van der Waals surface area contributed by atoms with Gasteiger partial charge in [0.15, 0.2) is 11.5 Å². The average molecular weight is 348 g/mol. The molecular formula is C21H20N2O3. The molecule has 2 rings (SSSR count). The van der Waals surface area contributed by atoms with Gasteiger partial charge in [-0.3, -0.25) is 0 Å². The van der Waals surface area contributed by atoms with Gasteiger partial charge in [0, 0.05) is 5.57 Å². The standard InChI is InChI=1S/C21H20N2O3/c1-24-19-7-4-15(5-8-19)10-17(13-22)18(14-23)11-16-6-9-20(25-2)21(12-16)26-3/h4-9,11-12,17H,10H2,1-3H3/b18-11+. The Labute approximate surface area is 153 Å². The fraction of sp³-hybridized carbons (Fsp3) is 0.238. The Bertz CT molecular complexity index is 858. The number of allylic oxidation sites excluding steroid dienone is 1. The van der Waals surface area contributed by atoms with Crippen LogP contribution in [-0.4, -0.2) is 21.3 Å². The molecule has 2 aromatic carbocycles. The molecule has 0 fully saturated rings. The van der Waals surface area contributed by atoms with Crippen LogP contribution in [-0.2, 0) is 6.42 Å². The molecule has 0 aliphatic rings. The first-order chi connectivity index (χ1) is 12.6. The van der Waals surface area contributed by atoms with Crippen LogP contribution in [0.2, 0.25) is 0 Å². The van der Waals surface area contributed by atoms with Crippen molar-refractivity contribution >= 4 is 6.08 Å². The molecule has 0 aromatic heterocycles. The van der Waals surface area contributed by atoms with Gasteiger partial charge in [0.05, 0.1) is 39.4 Å². The lowest BCUT2D eigenvalue weighted by atomic mass is 9.92. The van der Waals surface area contributed by atoms with Gasteiger partial charge < -0.3 is 14.2 Å². The summed E-state index contributed by atoms with van der Waals surface area (Å²) >= 11 is 0. The van der Waals surface area contributed by atoms with Gasteiger partial charge in [-0.15, -0.1) is 0 Å². The van der Waals surface area contributed by atoms with Crippen LogP contribution >= 0.6 is 0 Å². The van der Waals surface area contributed by atoms with Gasteiger partial charge in [-0.2, -0.15) is 10.5 Å². The van der Waals surface area contributed by atoms with E-state index in [9.17, 15) is 10.5 Å². The summed E-state index contributed by atoms with van der Waals surface area (Å²) in [7, 11) is 4.72. The number of nitrogens with zero attached hydrogens (tertiary/aromatic N) is 2. The molecule has 26 heavy (non-hydrogen) atoms. The van der Waals surface area contributed by atoms with E-state index in [-0.39, 0.29) is 0 Å². The minimum absolute atomic E-state index is 0.399. The molecule has 1 atom stereocenters. The van der Waals surface area contributed by atoms with Crippen molar-refractivity contribution in [2.45, 2.75) is 6.42 Å². The van der Waals surface area contributed by atoms with Crippen molar-refractivity contribution in [1.82, 2.24) is 0 Å². The summed E-state index contributed by atoms with van der Waals surface area (Å²) in [5, 5.41) is 19.1. The number of ether oxygens (including phenoxy) is 3. The zero-order chi connectivity index (χ0) is 18.9. The fourth-order valence-electron chi connectivity index (χ4n) is 2.56. The number of nitriles is 2. The van der Waals surface area contributed by atoms with Crippen LogP contribution in [0.25, 0.3) is 6.08 Å². The van der Waals surface area contributed by atoms with Gasteiger partial charge in [-0.25, -0.2) is 0 Å². The summed E-state index contributed by atoms with van der Waals surface area (Å²) in [6.45, 7) is 0. The van der Waals surface area contributed by atoms with Gasteiger partial charge in [0.1, 0.15) is 5.75 Å². The Balaban J connectivity index is 2.27. The average Bonchev–Trinajstić information content (AvgIpc) is 2.70. The van der Waals surface area contributed by atoms with E-state index >= 15 is 0 Å². The largest absolute Gasteiger partial charge is 0.497 e. The third-order valence-electron chi connectivity index (χ3n) is 3.99. The molecule has 5 heteroatoms. The molecule has 0 spiro atoms. The van der Waals surface area contributed by atoms with E-state index in [1.54, 1.807) is 39.5 Å². The lowest BCUT2D eigenvalue weighted by molar-refractivity contribution is 0.355. The number of rotatable bonds is 7. The number of benzene rings is 2. The Morgan fingerprint density at radius 1 is 0.962 bits per heavy atom. The third kappa shape index (κ3) is 4.55. The van der Waals surface area contributed by atoms with E-state index in [2.05, 4.69) is 12.1 Å². The smallest absolute Gasteiger partial charge is 0.161 e. The fourth-order valence-corrected chi connectivity index (χ4v) is 2.56. The van der Waals surface area contributed by atoms with E-state index in [0.29, 0.717) is 23.5 Å². The first-order valence-electron chi connectivity index (χ1n) is 8.01. The van der Waals surface area contributed by atoms with Crippen molar-refractivity contribution in [1.29, 1.82) is 10.5 Å². The third-order valence-corrected chi connectivity index (χ3v) is 3.99. The van der Waals surface area contributed by atoms with E-state index in [1.807, 2.05) is 30.3 Å². The summed E-state index contributed by atoms with van der Waals surface area (Å²) < 4.78 is 15.6. The molecule has 0 aliphatic heterocycles. The second-order valence-electron chi connectivity index (χ2n) is 5.56. The van der Waals surface area contributed by atoms with Crippen molar-refractivity contribution in [3.05, 3.63) is 59.2 Å². The zero-order valence-electron chi connectivity index (χ0n) is 15.0. The summed E-state index contributed by atoms with van der Waals surface area (Å²) in [6.07, 6.45) is 2.16. The number of hydrogen-bond donors (Lipinski definition) is 0. The molecule has 0 radical (unpaired) electrons. The molecule has 5 nitrogen and oxygen atoms in total. The molecule has 0 heterocycles. The van der Waals surface area contributed by atoms with E-state index in [4.69, 9.17) is 14.2 Å². The molecule has 0 saturated carbocycles. The highest BCUT2D eigenvalue weighted by molar-refractivity contribution is 5.62. The second-order valence-corrected chi connectivity index (χ2v) is 5.56. The van der Waals surface area contributed by atoms with Crippen molar-refractivity contribution in [2.24, 2.45) is 5.92 Å². The van der Waals surface area contributed by atoms with Crippen molar-refractivity contribution in [3.8, 4) is 29.4 Å². The molecule has 0 amide bonds. The normalized spacial score (nSPS) is 11.8. The summed E-state index contributed by atoms with van der Waals surface area (Å²) in [6, 6.07) is 17.2. The highest BCUT2D eigenvalue weighted by Crippen LogP contribution is 2.29. The first kappa shape index (κ1) is 18.9. The van der Waals surface area contributed by atoms with Crippen LogP contribution in [0.3, 0.4) is 0 Å². The van der Waals surface area contributed by atoms with E-state index < -0.39 is 5.92 Å². The molecule has 0 N–H and O–H groups in total. The Morgan fingerprint density at radius 2 is 1.65 bits per heavy atom. The SMILES string of the molecule is COc1ccc(CC(C#N)/C(C#N)=C/c2ccc(OC)c(OC)c2)cc1. The molecule has 0 saturated heterocycles. The van der Waals surface area contributed by atoms with Crippen LogP contribution < -0.4 is 14.2 Å². The van der Waals surface area contributed by atoms with E-state index in [1.165, 1.54) is 0 Å². The zero-order valence-corrected chi connectivity index (χ0v) is 15.0.